The van der Waals surface area contributed by atoms with Crippen LogP contribution in [-0.4, -0.2) is 47.9 Å². The van der Waals surface area contributed by atoms with Gasteiger partial charge in [0.1, 0.15) is 11.2 Å². The summed E-state index contributed by atoms with van der Waals surface area (Å²) in [6.07, 6.45) is -0.920. The van der Waals surface area contributed by atoms with Crippen molar-refractivity contribution in [2.75, 3.05) is 13.1 Å². The van der Waals surface area contributed by atoms with Crippen LogP contribution in [0.2, 0.25) is 0 Å². The highest BCUT2D eigenvalue weighted by Gasteiger charge is 2.21. The van der Waals surface area contributed by atoms with Crippen LogP contribution >= 0.6 is 0 Å². The number of hydrogen-bond donors (Lipinski definition) is 1. The summed E-state index contributed by atoms with van der Waals surface area (Å²) in [6, 6.07) is 0. The highest BCUT2D eigenvalue weighted by molar-refractivity contribution is 6.12. The van der Waals surface area contributed by atoms with Crippen LogP contribution in [0.4, 0.5) is 9.59 Å². The molecule has 0 aromatic rings. The van der Waals surface area contributed by atoms with E-state index in [9.17, 15) is 9.59 Å². The molecule has 22 heavy (non-hydrogen) atoms. The third-order valence-corrected chi connectivity index (χ3v) is 2.35. The minimum atomic E-state index is -0.636. The molecule has 2 amide bonds. The van der Waals surface area contributed by atoms with Crippen molar-refractivity contribution in [2.45, 2.75) is 59.2 Å². The second kappa shape index (κ2) is 7.00. The van der Waals surface area contributed by atoms with Crippen molar-refractivity contribution in [1.82, 2.24) is 5.32 Å². The number of piperidine rings is 1. The minimum Gasteiger partial charge on any atom is -0.442 e. The normalized spacial score (nSPS) is 20.1. The quantitative estimate of drug-likeness (QED) is 0.743. The standard InChI is InChI=1S/C15H25N3O4/c1-14(2,3)21-12(19)17-10-7-11(9-16-8-10)18-13(20)22-15(4,5)6/h16H,7-9H2,1-6H3. The van der Waals surface area contributed by atoms with E-state index in [-0.39, 0.29) is 0 Å². The maximum atomic E-state index is 11.7. The van der Waals surface area contributed by atoms with Crippen LogP contribution in [0.5, 0.6) is 0 Å². The lowest BCUT2D eigenvalue weighted by Gasteiger charge is -2.20. The molecule has 1 heterocycles. The molecule has 0 saturated carbocycles. The number of carbonyl (C=O) groups excluding carboxylic acids is 2. The van der Waals surface area contributed by atoms with Gasteiger partial charge in [0.05, 0.1) is 0 Å². The molecule has 1 aliphatic heterocycles. The van der Waals surface area contributed by atoms with Crippen molar-refractivity contribution in [2.24, 2.45) is 9.98 Å². The van der Waals surface area contributed by atoms with Crippen molar-refractivity contribution in [3.63, 3.8) is 0 Å². The van der Waals surface area contributed by atoms with Gasteiger partial charge in [-0.05, 0) is 41.5 Å². The lowest BCUT2D eigenvalue weighted by atomic mass is 10.1. The van der Waals surface area contributed by atoms with Crippen LogP contribution in [0, 0.1) is 0 Å². The van der Waals surface area contributed by atoms with Crippen molar-refractivity contribution < 1.29 is 19.1 Å². The number of amides is 2. The van der Waals surface area contributed by atoms with Crippen LogP contribution in [0.25, 0.3) is 0 Å². The summed E-state index contributed by atoms with van der Waals surface area (Å²) in [7, 11) is 0. The molecule has 7 heteroatoms. The summed E-state index contributed by atoms with van der Waals surface area (Å²) >= 11 is 0. The van der Waals surface area contributed by atoms with Gasteiger partial charge in [-0.25, -0.2) is 9.59 Å². The van der Waals surface area contributed by atoms with Gasteiger partial charge in [-0.1, -0.05) is 0 Å². The van der Waals surface area contributed by atoms with Crippen LogP contribution in [0.3, 0.4) is 0 Å². The molecule has 1 fully saturated rings. The Labute approximate surface area is 131 Å². The Balaban J connectivity index is 2.68. The van der Waals surface area contributed by atoms with E-state index in [1.807, 2.05) is 0 Å². The molecule has 124 valence electrons. The number of nitrogens with zero attached hydrogens (tertiary/aromatic N) is 2. The molecule has 0 unspecified atom stereocenters. The van der Waals surface area contributed by atoms with Gasteiger partial charge in [0, 0.05) is 30.9 Å². The molecular formula is C15H25N3O4. The molecule has 0 aliphatic carbocycles. The predicted molar refractivity (Wildman–Crippen MR) is 84.8 cm³/mol. The summed E-state index contributed by atoms with van der Waals surface area (Å²) in [5.41, 5.74) is -0.00140. The Bertz CT molecular complexity index is 452. The molecular weight excluding hydrogens is 286 g/mol. The first-order chi connectivity index (χ1) is 9.94. The Hall–Kier alpha value is -1.76. The zero-order valence-corrected chi connectivity index (χ0v) is 14.1. The van der Waals surface area contributed by atoms with Crippen molar-refractivity contribution in [1.29, 1.82) is 0 Å². The van der Waals surface area contributed by atoms with Gasteiger partial charge in [-0.2, -0.15) is 9.98 Å². The van der Waals surface area contributed by atoms with Gasteiger partial charge in [0.25, 0.3) is 0 Å². The smallest absolute Gasteiger partial charge is 0.434 e. The van der Waals surface area contributed by atoms with E-state index < -0.39 is 23.4 Å². The second-order valence-electron chi connectivity index (χ2n) is 7.10. The van der Waals surface area contributed by atoms with Crippen LogP contribution in [0.1, 0.15) is 48.0 Å². The summed E-state index contributed by atoms with van der Waals surface area (Å²) in [6.45, 7) is 11.6. The Morgan fingerprint density at radius 3 is 1.55 bits per heavy atom. The Kier molecular flexibility index (Phi) is 5.82. The van der Waals surface area contributed by atoms with Gasteiger partial charge in [0.2, 0.25) is 0 Å². The van der Waals surface area contributed by atoms with Crippen molar-refractivity contribution in [3.8, 4) is 0 Å². The third kappa shape index (κ3) is 7.87. The lowest BCUT2D eigenvalue weighted by Crippen LogP contribution is -2.38. The molecule has 0 aromatic heterocycles. The predicted octanol–water partition coefficient (Wildman–Crippen LogP) is 2.73. The van der Waals surface area contributed by atoms with Gasteiger partial charge < -0.3 is 14.8 Å². The fourth-order valence-corrected chi connectivity index (χ4v) is 1.70. The summed E-state index contributed by atoms with van der Waals surface area (Å²) in [5, 5.41) is 3.04. The minimum absolute atomic E-state index is 0.353. The molecule has 1 saturated heterocycles. The second-order valence-corrected chi connectivity index (χ2v) is 7.10. The average Bonchev–Trinajstić information content (AvgIpc) is 2.22. The highest BCUT2D eigenvalue weighted by atomic mass is 16.6. The molecule has 7 nitrogen and oxygen atoms in total. The van der Waals surface area contributed by atoms with Crippen LogP contribution in [0.15, 0.2) is 9.98 Å². The van der Waals surface area contributed by atoms with Crippen molar-refractivity contribution >= 4 is 23.6 Å². The maximum Gasteiger partial charge on any atom is 0.434 e. The first kappa shape index (κ1) is 18.3. The topological polar surface area (TPSA) is 89.4 Å². The van der Waals surface area contributed by atoms with Crippen LogP contribution in [-0.2, 0) is 9.47 Å². The van der Waals surface area contributed by atoms with Gasteiger partial charge in [0.15, 0.2) is 0 Å². The van der Waals surface area contributed by atoms with Crippen molar-refractivity contribution in [3.05, 3.63) is 0 Å². The van der Waals surface area contributed by atoms with Gasteiger partial charge in [-0.3, -0.25) is 0 Å². The summed E-state index contributed by atoms with van der Waals surface area (Å²) in [4.78, 5) is 31.2. The maximum absolute atomic E-state index is 11.7. The van der Waals surface area contributed by atoms with Gasteiger partial charge >= 0.3 is 12.2 Å². The van der Waals surface area contributed by atoms with E-state index in [4.69, 9.17) is 9.47 Å². The number of carbonyl (C=O) groups is 2. The molecule has 0 spiro atoms. The largest absolute Gasteiger partial charge is 0.442 e. The molecule has 1 N–H and O–H groups in total. The Morgan fingerprint density at radius 1 is 0.864 bits per heavy atom. The van der Waals surface area contributed by atoms with E-state index in [0.717, 1.165) is 0 Å². The first-order valence-corrected chi connectivity index (χ1v) is 7.24. The Morgan fingerprint density at radius 2 is 1.23 bits per heavy atom. The average molecular weight is 311 g/mol. The van der Waals surface area contributed by atoms with E-state index in [1.54, 1.807) is 41.5 Å². The number of hydrogen-bond acceptors (Lipinski definition) is 5. The van der Waals surface area contributed by atoms with E-state index >= 15 is 0 Å². The summed E-state index contributed by atoms with van der Waals surface area (Å²) < 4.78 is 10.3. The fraction of sp³-hybridized carbons (Fsp3) is 0.733. The van der Waals surface area contributed by atoms with Gasteiger partial charge in [-0.15, -0.1) is 0 Å². The molecule has 0 radical (unpaired) electrons. The number of nitrogens with one attached hydrogen (secondary N) is 1. The summed E-state index contributed by atoms with van der Waals surface area (Å²) in [5.74, 6) is 0. The zero-order chi connectivity index (χ0) is 17.0. The monoisotopic (exact) mass is 311 g/mol. The molecule has 0 aromatic carbocycles. The van der Waals surface area contributed by atoms with E-state index in [0.29, 0.717) is 30.9 Å². The molecule has 1 rings (SSSR count). The van der Waals surface area contributed by atoms with E-state index in [1.165, 1.54) is 0 Å². The molecule has 0 bridgehead atoms. The van der Waals surface area contributed by atoms with Crippen LogP contribution < -0.4 is 5.32 Å². The highest BCUT2D eigenvalue weighted by Crippen LogP contribution is 2.10. The third-order valence-electron chi connectivity index (χ3n) is 2.35. The molecule has 0 atom stereocenters. The fourth-order valence-electron chi connectivity index (χ4n) is 1.70. The number of ether oxygens (including phenoxy) is 2. The first-order valence-electron chi connectivity index (χ1n) is 7.24. The SMILES string of the molecule is CC(C)(C)OC(=O)N=C1CNCC(=NC(=O)OC(C)(C)C)C1. The number of aliphatic imine (C=N–C) groups is 2. The van der Waals surface area contributed by atoms with E-state index in [2.05, 4.69) is 15.3 Å². The lowest BCUT2D eigenvalue weighted by molar-refractivity contribution is 0.0593. The number of rotatable bonds is 0. The molecule has 1 aliphatic rings. The zero-order valence-electron chi connectivity index (χ0n) is 14.1.